The van der Waals surface area contributed by atoms with Crippen molar-refractivity contribution in [2.45, 2.75) is 39.8 Å². The average Bonchev–Trinajstić information content (AvgIpc) is 2.55. The molecule has 2 aromatic carbocycles. The minimum atomic E-state index is -3.87. The third-order valence-electron chi connectivity index (χ3n) is 4.43. The molecule has 5 nitrogen and oxygen atoms in total. The molecule has 0 saturated heterocycles. The summed E-state index contributed by atoms with van der Waals surface area (Å²) in [5.41, 5.74) is 2.94. The number of para-hydroxylation sites is 1. The SMILES string of the molecule is Cc1ccc([C@@H](C)NC(=O)[C@@H](C)N(c2ccccc2F)S(C)(=O)=O)c(C)c1. The maximum atomic E-state index is 14.2. The van der Waals surface area contributed by atoms with Crippen LogP contribution in [0.3, 0.4) is 0 Å². The average molecular weight is 392 g/mol. The second-order valence-electron chi connectivity index (χ2n) is 6.78. The monoisotopic (exact) mass is 392 g/mol. The number of aryl methyl sites for hydroxylation is 2. The normalized spacial score (nSPS) is 13.7. The molecular weight excluding hydrogens is 367 g/mol. The van der Waals surface area contributed by atoms with Gasteiger partial charge in [0.15, 0.2) is 0 Å². The van der Waals surface area contributed by atoms with Gasteiger partial charge in [0.25, 0.3) is 0 Å². The largest absolute Gasteiger partial charge is 0.348 e. The molecule has 0 aliphatic rings. The lowest BCUT2D eigenvalue weighted by atomic mass is 10.00. The summed E-state index contributed by atoms with van der Waals surface area (Å²) < 4.78 is 39.5. The van der Waals surface area contributed by atoms with Gasteiger partial charge in [0.05, 0.1) is 18.0 Å². The van der Waals surface area contributed by atoms with E-state index in [-0.39, 0.29) is 11.7 Å². The number of carbonyl (C=O) groups excluding carboxylic acids is 1. The Hall–Kier alpha value is -2.41. The smallest absolute Gasteiger partial charge is 0.244 e. The van der Waals surface area contributed by atoms with Crippen molar-refractivity contribution in [3.05, 3.63) is 65.0 Å². The molecule has 0 fully saturated rings. The molecule has 0 saturated carbocycles. The molecule has 0 aliphatic heterocycles. The molecule has 27 heavy (non-hydrogen) atoms. The number of benzene rings is 2. The Morgan fingerprint density at radius 3 is 2.30 bits per heavy atom. The van der Waals surface area contributed by atoms with Crippen LogP contribution in [0.25, 0.3) is 0 Å². The van der Waals surface area contributed by atoms with Gasteiger partial charge in [-0.3, -0.25) is 9.10 Å². The van der Waals surface area contributed by atoms with Crippen LogP contribution in [0.15, 0.2) is 42.5 Å². The lowest BCUT2D eigenvalue weighted by Crippen LogP contribution is -2.48. The summed E-state index contributed by atoms with van der Waals surface area (Å²) in [6.45, 7) is 7.21. The lowest BCUT2D eigenvalue weighted by Gasteiger charge is -2.29. The van der Waals surface area contributed by atoms with Gasteiger partial charge in [0.2, 0.25) is 15.9 Å². The van der Waals surface area contributed by atoms with E-state index in [0.717, 1.165) is 33.3 Å². The summed E-state index contributed by atoms with van der Waals surface area (Å²) in [6, 6.07) is 9.98. The molecule has 2 atom stereocenters. The summed E-state index contributed by atoms with van der Waals surface area (Å²) in [7, 11) is -3.87. The first kappa shape index (κ1) is 20.9. The molecule has 7 heteroatoms. The maximum Gasteiger partial charge on any atom is 0.244 e. The van der Waals surface area contributed by atoms with E-state index >= 15 is 0 Å². The Morgan fingerprint density at radius 2 is 1.74 bits per heavy atom. The lowest BCUT2D eigenvalue weighted by molar-refractivity contribution is -0.122. The molecule has 0 aromatic heterocycles. The third-order valence-corrected chi connectivity index (χ3v) is 5.66. The molecule has 0 spiro atoms. The van der Waals surface area contributed by atoms with E-state index in [9.17, 15) is 17.6 Å². The molecule has 0 bridgehead atoms. The van der Waals surface area contributed by atoms with Gasteiger partial charge in [-0.05, 0) is 51.0 Å². The van der Waals surface area contributed by atoms with Crippen molar-refractivity contribution in [2.75, 3.05) is 10.6 Å². The van der Waals surface area contributed by atoms with Gasteiger partial charge < -0.3 is 5.32 Å². The number of nitrogens with zero attached hydrogens (tertiary/aromatic N) is 1. The predicted octanol–water partition coefficient (Wildman–Crippen LogP) is 3.47. The zero-order chi connectivity index (χ0) is 20.4. The van der Waals surface area contributed by atoms with Gasteiger partial charge >= 0.3 is 0 Å². The van der Waals surface area contributed by atoms with E-state index in [1.54, 1.807) is 0 Å². The Bertz CT molecular complexity index is 944. The van der Waals surface area contributed by atoms with Crippen molar-refractivity contribution in [1.82, 2.24) is 5.32 Å². The molecule has 2 rings (SSSR count). The Kier molecular flexibility index (Phi) is 6.26. The highest BCUT2D eigenvalue weighted by atomic mass is 32.2. The summed E-state index contributed by atoms with van der Waals surface area (Å²) in [6.07, 6.45) is 0.955. The molecule has 0 radical (unpaired) electrons. The number of hydrogen-bond donors (Lipinski definition) is 1. The highest BCUT2D eigenvalue weighted by Gasteiger charge is 2.31. The van der Waals surface area contributed by atoms with Crippen molar-refractivity contribution in [2.24, 2.45) is 0 Å². The molecule has 0 aliphatic carbocycles. The van der Waals surface area contributed by atoms with E-state index in [2.05, 4.69) is 5.32 Å². The standard InChI is InChI=1S/C20H25FN2O3S/c1-13-10-11-17(14(2)12-13)15(3)22-20(24)16(4)23(27(5,25)26)19-9-7-6-8-18(19)21/h6-12,15-16H,1-5H3,(H,22,24)/t15-,16-/m1/s1. The highest BCUT2D eigenvalue weighted by Crippen LogP contribution is 2.25. The number of halogens is 1. The minimum Gasteiger partial charge on any atom is -0.348 e. The summed E-state index contributed by atoms with van der Waals surface area (Å²) in [4.78, 5) is 12.7. The third kappa shape index (κ3) is 4.86. The number of hydrogen-bond acceptors (Lipinski definition) is 3. The molecule has 0 heterocycles. The molecule has 0 unspecified atom stereocenters. The van der Waals surface area contributed by atoms with E-state index in [4.69, 9.17) is 0 Å². The highest BCUT2D eigenvalue weighted by molar-refractivity contribution is 7.92. The fraction of sp³-hybridized carbons (Fsp3) is 0.350. The number of amides is 1. The summed E-state index contributed by atoms with van der Waals surface area (Å²) >= 11 is 0. The molecule has 1 amide bonds. The maximum absolute atomic E-state index is 14.2. The fourth-order valence-corrected chi connectivity index (χ4v) is 4.31. The number of nitrogens with one attached hydrogen (secondary N) is 1. The van der Waals surface area contributed by atoms with Crippen LogP contribution in [0.2, 0.25) is 0 Å². The van der Waals surface area contributed by atoms with Gasteiger partial charge in [0.1, 0.15) is 11.9 Å². The van der Waals surface area contributed by atoms with Crippen LogP contribution in [0.1, 0.15) is 36.6 Å². The van der Waals surface area contributed by atoms with Crippen LogP contribution in [0.5, 0.6) is 0 Å². The second-order valence-corrected chi connectivity index (χ2v) is 8.64. The minimum absolute atomic E-state index is 0.151. The van der Waals surface area contributed by atoms with Gasteiger partial charge in [-0.2, -0.15) is 0 Å². The van der Waals surface area contributed by atoms with Crippen molar-refractivity contribution < 1.29 is 17.6 Å². The number of sulfonamides is 1. The summed E-state index contributed by atoms with van der Waals surface area (Å²) in [5.74, 6) is -1.21. The fourth-order valence-electron chi connectivity index (χ4n) is 3.13. The first-order chi connectivity index (χ1) is 12.5. The van der Waals surface area contributed by atoms with Crippen molar-refractivity contribution in [3.63, 3.8) is 0 Å². The van der Waals surface area contributed by atoms with Crippen LogP contribution in [-0.2, 0) is 14.8 Å². The molecular formula is C20H25FN2O3S. The first-order valence-electron chi connectivity index (χ1n) is 8.64. The van der Waals surface area contributed by atoms with Crippen molar-refractivity contribution in [3.8, 4) is 0 Å². The number of carbonyl (C=O) groups is 1. The zero-order valence-electron chi connectivity index (χ0n) is 16.2. The van der Waals surface area contributed by atoms with Gasteiger partial charge in [0, 0.05) is 0 Å². The quantitative estimate of drug-likeness (QED) is 0.819. The van der Waals surface area contributed by atoms with Gasteiger partial charge in [-0.25, -0.2) is 12.8 Å². The zero-order valence-corrected chi connectivity index (χ0v) is 17.0. The predicted molar refractivity (Wildman–Crippen MR) is 106 cm³/mol. The Morgan fingerprint density at radius 1 is 1.11 bits per heavy atom. The first-order valence-corrected chi connectivity index (χ1v) is 10.5. The summed E-state index contributed by atoms with van der Waals surface area (Å²) in [5, 5.41) is 2.83. The van der Waals surface area contributed by atoms with Crippen molar-refractivity contribution in [1.29, 1.82) is 0 Å². The molecule has 146 valence electrons. The van der Waals surface area contributed by atoms with E-state index in [1.165, 1.54) is 25.1 Å². The number of rotatable bonds is 6. The number of anilines is 1. The Labute approximate surface area is 160 Å². The van der Waals surface area contributed by atoms with Gasteiger partial charge in [-0.15, -0.1) is 0 Å². The van der Waals surface area contributed by atoms with E-state index in [1.807, 2.05) is 39.0 Å². The molecule has 2 aromatic rings. The van der Waals surface area contributed by atoms with E-state index < -0.39 is 27.8 Å². The second kappa shape index (κ2) is 8.08. The van der Waals surface area contributed by atoms with Crippen molar-refractivity contribution >= 4 is 21.6 Å². The van der Waals surface area contributed by atoms with E-state index in [0.29, 0.717) is 0 Å². The van der Waals surface area contributed by atoms with Gasteiger partial charge in [-0.1, -0.05) is 35.9 Å². The van der Waals surface area contributed by atoms with Crippen LogP contribution in [0.4, 0.5) is 10.1 Å². The van der Waals surface area contributed by atoms with Crippen LogP contribution in [0, 0.1) is 19.7 Å². The van der Waals surface area contributed by atoms with Crippen LogP contribution >= 0.6 is 0 Å². The topological polar surface area (TPSA) is 66.5 Å². The van der Waals surface area contributed by atoms with Crippen LogP contribution < -0.4 is 9.62 Å². The Balaban J connectivity index is 2.29. The molecule has 1 N–H and O–H groups in total. The van der Waals surface area contributed by atoms with Crippen LogP contribution in [-0.4, -0.2) is 26.6 Å².